The molecule has 0 bridgehead atoms. The Balaban J connectivity index is 1.87. The largest absolute Gasteiger partial charge is 0.350 e. The number of carbonyl (C=O) groups excluding carboxylic acids is 1. The van der Waals surface area contributed by atoms with Crippen LogP contribution in [0.15, 0.2) is 29.6 Å². The summed E-state index contributed by atoms with van der Waals surface area (Å²) in [4.78, 5) is 16.1. The van der Waals surface area contributed by atoms with Crippen LogP contribution in [-0.4, -0.2) is 17.4 Å². The number of hydrogen-bond acceptors (Lipinski definition) is 4. The zero-order valence-electron chi connectivity index (χ0n) is 11.1. The average Bonchev–Trinajstić information content (AvgIpc) is 2.91. The van der Waals surface area contributed by atoms with Crippen molar-refractivity contribution in [3.8, 4) is 0 Å². The normalized spacial score (nSPS) is 12.2. The molecule has 0 spiro atoms. The maximum absolute atomic E-state index is 11.9. The third-order valence-electron chi connectivity index (χ3n) is 2.78. The molecule has 3 N–H and O–H groups in total. The molecule has 0 saturated carbocycles. The first kappa shape index (κ1) is 15.0. The Morgan fingerprint density at radius 1 is 1.50 bits per heavy atom. The summed E-state index contributed by atoms with van der Waals surface area (Å²) in [5.41, 5.74) is 7.16. The fraction of sp³-hybridized carbons (Fsp3) is 0.286. The Bertz CT molecular complexity index is 598. The van der Waals surface area contributed by atoms with Gasteiger partial charge in [-0.3, -0.25) is 4.79 Å². The van der Waals surface area contributed by atoms with Gasteiger partial charge in [-0.1, -0.05) is 29.8 Å². The van der Waals surface area contributed by atoms with Crippen molar-refractivity contribution in [2.24, 2.45) is 5.73 Å². The van der Waals surface area contributed by atoms with E-state index in [1.807, 2.05) is 31.2 Å². The SMILES string of the molecule is CC(N)c1nc(C(=O)NCCc2ccccc2Cl)cs1. The van der Waals surface area contributed by atoms with E-state index in [1.165, 1.54) is 11.3 Å². The summed E-state index contributed by atoms with van der Waals surface area (Å²) in [5.74, 6) is -0.180. The van der Waals surface area contributed by atoms with Gasteiger partial charge in [-0.05, 0) is 25.0 Å². The number of benzene rings is 1. The van der Waals surface area contributed by atoms with Gasteiger partial charge in [-0.25, -0.2) is 4.98 Å². The quantitative estimate of drug-likeness (QED) is 0.892. The number of hydrogen-bond donors (Lipinski definition) is 2. The Morgan fingerprint density at radius 2 is 2.25 bits per heavy atom. The highest BCUT2D eigenvalue weighted by Crippen LogP contribution is 2.16. The summed E-state index contributed by atoms with van der Waals surface area (Å²) in [6.45, 7) is 2.37. The third-order valence-corrected chi connectivity index (χ3v) is 4.20. The minimum absolute atomic E-state index is 0.148. The van der Waals surface area contributed by atoms with Crippen LogP contribution in [0.4, 0.5) is 0 Å². The highest BCUT2D eigenvalue weighted by molar-refractivity contribution is 7.09. The average molecular weight is 310 g/mol. The van der Waals surface area contributed by atoms with Crippen LogP contribution in [0.2, 0.25) is 5.02 Å². The van der Waals surface area contributed by atoms with E-state index >= 15 is 0 Å². The van der Waals surface area contributed by atoms with Crippen LogP contribution in [-0.2, 0) is 6.42 Å². The summed E-state index contributed by atoms with van der Waals surface area (Å²) >= 11 is 7.46. The molecule has 0 aliphatic rings. The van der Waals surface area contributed by atoms with E-state index in [4.69, 9.17) is 17.3 Å². The van der Waals surface area contributed by atoms with Crippen molar-refractivity contribution < 1.29 is 4.79 Å². The lowest BCUT2D eigenvalue weighted by Crippen LogP contribution is -2.26. The number of nitrogens with one attached hydrogen (secondary N) is 1. The van der Waals surface area contributed by atoms with Gasteiger partial charge in [0.1, 0.15) is 10.7 Å². The molecule has 1 unspecified atom stereocenters. The van der Waals surface area contributed by atoms with Crippen LogP contribution >= 0.6 is 22.9 Å². The first-order valence-electron chi connectivity index (χ1n) is 6.30. The number of nitrogens with zero attached hydrogens (tertiary/aromatic N) is 1. The molecule has 1 heterocycles. The first-order valence-corrected chi connectivity index (χ1v) is 7.56. The number of nitrogens with two attached hydrogens (primary N) is 1. The van der Waals surface area contributed by atoms with Gasteiger partial charge in [0.2, 0.25) is 0 Å². The highest BCUT2D eigenvalue weighted by atomic mass is 35.5. The minimum atomic E-state index is -0.180. The molecule has 1 atom stereocenters. The van der Waals surface area contributed by atoms with E-state index < -0.39 is 0 Å². The van der Waals surface area contributed by atoms with Gasteiger partial charge < -0.3 is 11.1 Å². The van der Waals surface area contributed by atoms with Crippen molar-refractivity contribution in [3.05, 3.63) is 50.9 Å². The van der Waals surface area contributed by atoms with E-state index in [0.29, 0.717) is 18.7 Å². The van der Waals surface area contributed by atoms with Crippen molar-refractivity contribution >= 4 is 28.8 Å². The molecule has 0 aliphatic heterocycles. The molecular weight excluding hydrogens is 294 g/mol. The van der Waals surface area contributed by atoms with Crippen LogP contribution in [0.3, 0.4) is 0 Å². The number of amides is 1. The van der Waals surface area contributed by atoms with Crippen molar-refractivity contribution in [3.63, 3.8) is 0 Å². The minimum Gasteiger partial charge on any atom is -0.350 e. The molecule has 6 heteroatoms. The van der Waals surface area contributed by atoms with Crippen LogP contribution < -0.4 is 11.1 Å². The maximum Gasteiger partial charge on any atom is 0.270 e. The lowest BCUT2D eigenvalue weighted by molar-refractivity contribution is 0.0949. The standard InChI is InChI=1S/C14H16ClN3OS/c1-9(16)14-18-12(8-20-14)13(19)17-7-6-10-4-2-3-5-11(10)15/h2-5,8-9H,6-7,16H2,1H3,(H,17,19). The Labute approximate surface area is 127 Å². The first-order chi connectivity index (χ1) is 9.58. The Morgan fingerprint density at radius 3 is 2.90 bits per heavy atom. The molecule has 0 saturated heterocycles. The Hall–Kier alpha value is -1.43. The number of aromatic nitrogens is 1. The molecule has 1 aromatic carbocycles. The van der Waals surface area contributed by atoms with Crippen LogP contribution in [0.1, 0.15) is 34.0 Å². The van der Waals surface area contributed by atoms with Crippen molar-refractivity contribution in [2.75, 3.05) is 6.54 Å². The van der Waals surface area contributed by atoms with E-state index in [1.54, 1.807) is 5.38 Å². The fourth-order valence-corrected chi connectivity index (χ4v) is 2.69. The third kappa shape index (κ3) is 3.79. The van der Waals surface area contributed by atoms with Crippen molar-refractivity contribution in [2.45, 2.75) is 19.4 Å². The molecule has 0 fully saturated rings. The molecule has 20 heavy (non-hydrogen) atoms. The van der Waals surface area contributed by atoms with Gasteiger partial charge in [-0.15, -0.1) is 11.3 Å². The molecule has 1 aromatic heterocycles. The van der Waals surface area contributed by atoms with Crippen molar-refractivity contribution in [1.29, 1.82) is 0 Å². The second kappa shape index (κ2) is 6.83. The lowest BCUT2D eigenvalue weighted by Gasteiger charge is -2.05. The van der Waals surface area contributed by atoms with Crippen LogP contribution in [0, 0.1) is 0 Å². The van der Waals surface area contributed by atoms with Gasteiger partial charge in [0, 0.05) is 16.9 Å². The van der Waals surface area contributed by atoms with Crippen LogP contribution in [0.5, 0.6) is 0 Å². The fourth-order valence-electron chi connectivity index (χ4n) is 1.70. The lowest BCUT2D eigenvalue weighted by atomic mass is 10.1. The van der Waals surface area contributed by atoms with Gasteiger partial charge >= 0.3 is 0 Å². The second-order valence-corrected chi connectivity index (χ2v) is 5.75. The molecular formula is C14H16ClN3OS. The number of rotatable bonds is 5. The number of thiazole rings is 1. The summed E-state index contributed by atoms with van der Waals surface area (Å²) in [6.07, 6.45) is 0.690. The summed E-state index contributed by atoms with van der Waals surface area (Å²) in [5, 5.41) is 6.04. The zero-order valence-corrected chi connectivity index (χ0v) is 12.7. The molecule has 0 aliphatic carbocycles. The molecule has 1 amide bonds. The summed E-state index contributed by atoms with van der Waals surface area (Å²) in [6, 6.07) is 7.46. The monoisotopic (exact) mass is 309 g/mol. The predicted octanol–water partition coefficient (Wildman–Crippen LogP) is 2.79. The predicted molar refractivity (Wildman–Crippen MR) is 82.2 cm³/mol. The van der Waals surface area contributed by atoms with E-state index in [2.05, 4.69) is 10.3 Å². The van der Waals surface area contributed by atoms with E-state index in [0.717, 1.165) is 15.6 Å². The second-order valence-electron chi connectivity index (χ2n) is 4.46. The van der Waals surface area contributed by atoms with E-state index in [-0.39, 0.29) is 11.9 Å². The van der Waals surface area contributed by atoms with Gasteiger partial charge in [0.15, 0.2) is 0 Å². The van der Waals surface area contributed by atoms with E-state index in [9.17, 15) is 4.79 Å². The van der Waals surface area contributed by atoms with Gasteiger partial charge in [0.25, 0.3) is 5.91 Å². The highest BCUT2D eigenvalue weighted by Gasteiger charge is 2.12. The zero-order chi connectivity index (χ0) is 14.5. The maximum atomic E-state index is 11.9. The Kier molecular flexibility index (Phi) is 5.11. The summed E-state index contributed by atoms with van der Waals surface area (Å²) in [7, 11) is 0. The molecule has 2 rings (SSSR count). The molecule has 106 valence electrons. The van der Waals surface area contributed by atoms with Gasteiger partial charge in [0.05, 0.1) is 6.04 Å². The molecule has 4 nitrogen and oxygen atoms in total. The smallest absolute Gasteiger partial charge is 0.270 e. The van der Waals surface area contributed by atoms with Crippen LogP contribution in [0.25, 0.3) is 0 Å². The molecule has 0 radical (unpaired) electrons. The number of carbonyl (C=O) groups is 1. The summed E-state index contributed by atoms with van der Waals surface area (Å²) < 4.78 is 0. The number of halogens is 1. The van der Waals surface area contributed by atoms with Gasteiger partial charge in [-0.2, -0.15) is 0 Å². The topological polar surface area (TPSA) is 68.0 Å². The molecule has 2 aromatic rings. The van der Waals surface area contributed by atoms with Crippen molar-refractivity contribution in [1.82, 2.24) is 10.3 Å².